The van der Waals surface area contributed by atoms with E-state index in [0.717, 1.165) is 24.3 Å². The van der Waals surface area contributed by atoms with Crippen LogP contribution in [0.4, 0.5) is 24.7 Å². The molecule has 1 heterocycles. The molecular formula is C15H13Cl2F3N4O4S. The first-order valence-corrected chi connectivity index (χ1v) is 10.1. The molecule has 0 saturated heterocycles. The lowest BCUT2D eigenvalue weighted by Crippen LogP contribution is -2.26. The largest absolute Gasteiger partial charge is 0.417 e. The van der Waals surface area contributed by atoms with Crippen LogP contribution in [0.25, 0.3) is 0 Å². The van der Waals surface area contributed by atoms with E-state index in [4.69, 9.17) is 23.2 Å². The van der Waals surface area contributed by atoms with Gasteiger partial charge in [-0.2, -0.15) is 13.2 Å². The number of pyridine rings is 1. The number of rotatable bonds is 8. The minimum absolute atomic E-state index is 0.0178. The summed E-state index contributed by atoms with van der Waals surface area (Å²) in [5.74, 6) is 0.0178. The van der Waals surface area contributed by atoms with Crippen LogP contribution < -0.4 is 10.0 Å². The van der Waals surface area contributed by atoms with Gasteiger partial charge in [0.15, 0.2) is 0 Å². The van der Waals surface area contributed by atoms with E-state index in [9.17, 15) is 31.7 Å². The summed E-state index contributed by atoms with van der Waals surface area (Å²) in [6.07, 6.45) is -3.73. The van der Waals surface area contributed by atoms with Crippen LogP contribution in [0.2, 0.25) is 10.0 Å². The van der Waals surface area contributed by atoms with Crippen LogP contribution in [-0.4, -0.2) is 31.4 Å². The number of alkyl halides is 3. The topological polar surface area (TPSA) is 114 Å². The summed E-state index contributed by atoms with van der Waals surface area (Å²) in [4.78, 5) is 13.2. The molecular weight excluding hydrogens is 460 g/mol. The van der Waals surface area contributed by atoms with Gasteiger partial charge in [-0.05, 0) is 18.6 Å². The molecule has 0 atom stereocenters. The summed E-state index contributed by atoms with van der Waals surface area (Å²) in [6.45, 7) is 0.0654. The maximum atomic E-state index is 12.6. The molecule has 2 N–H and O–H groups in total. The Balaban J connectivity index is 1.92. The number of sulfonamides is 1. The fraction of sp³-hybridized carbons (Fsp3) is 0.267. The standard InChI is InChI=1S/C15H13Cl2F3N4O4S/c16-11-3-2-10(24(25)26)7-13(11)29(27,28)23-5-1-4-21-14-12(17)6-9(8-22-14)15(18,19)20/h2-3,6-8,23H,1,4-5H2,(H,21,22). The SMILES string of the molecule is O=[N+]([O-])c1ccc(Cl)c(S(=O)(=O)NCCCNc2ncc(C(F)(F)F)cc2Cl)c1. The minimum atomic E-state index is -4.57. The summed E-state index contributed by atoms with van der Waals surface area (Å²) in [5, 5.41) is 13.1. The number of nitro groups is 1. The Morgan fingerprint density at radius 2 is 1.83 bits per heavy atom. The predicted molar refractivity (Wildman–Crippen MR) is 101 cm³/mol. The number of halogens is 5. The van der Waals surface area contributed by atoms with E-state index in [1.54, 1.807) is 0 Å². The fourth-order valence-corrected chi connectivity index (χ4v) is 3.94. The van der Waals surface area contributed by atoms with Gasteiger partial charge in [0.2, 0.25) is 10.0 Å². The lowest BCUT2D eigenvalue weighted by molar-refractivity contribution is -0.385. The molecule has 0 radical (unpaired) electrons. The van der Waals surface area contributed by atoms with Gasteiger partial charge in [0, 0.05) is 31.4 Å². The van der Waals surface area contributed by atoms with Crippen LogP contribution in [0, 0.1) is 10.1 Å². The first kappa shape index (κ1) is 23.1. The second kappa shape index (κ2) is 9.11. The molecule has 0 unspecified atom stereocenters. The van der Waals surface area contributed by atoms with E-state index in [1.165, 1.54) is 0 Å². The normalized spacial score (nSPS) is 12.0. The van der Waals surface area contributed by atoms with Gasteiger partial charge < -0.3 is 5.32 Å². The van der Waals surface area contributed by atoms with E-state index in [2.05, 4.69) is 15.0 Å². The highest BCUT2D eigenvalue weighted by molar-refractivity contribution is 7.89. The lowest BCUT2D eigenvalue weighted by atomic mass is 10.3. The van der Waals surface area contributed by atoms with Crippen molar-refractivity contribution in [2.75, 3.05) is 18.4 Å². The number of nitrogens with one attached hydrogen (secondary N) is 2. The minimum Gasteiger partial charge on any atom is -0.369 e. The summed E-state index contributed by atoms with van der Waals surface area (Å²) >= 11 is 11.6. The highest BCUT2D eigenvalue weighted by Gasteiger charge is 2.31. The quantitative estimate of drug-likeness (QED) is 0.339. The van der Waals surface area contributed by atoms with E-state index < -0.39 is 37.3 Å². The third-order valence-corrected chi connectivity index (χ3v) is 5.75. The van der Waals surface area contributed by atoms with Gasteiger partial charge in [0.25, 0.3) is 5.69 Å². The maximum Gasteiger partial charge on any atom is 0.417 e. The third-order valence-electron chi connectivity index (χ3n) is 3.52. The molecule has 0 bridgehead atoms. The Hall–Kier alpha value is -2.15. The van der Waals surface area contributed by atoms with Crippen molar-refractivity contribution < 1.29 is 26.5 Å². The molecule has 29 heavy (non-hydrogen) atoms. The predicted octanol–water partition coefficient (Wildman–Crippen LogP) is 4.10. The van der Waals surface area contributed by atoms with E-state index >= 15 is 0 Å². The number of nitrogens with zero attached hydrogens (tertiary/aromatic N) is 2. The van der Waals surface area contributed by atoms with Crippen LogP contribution in [0.3, 0.4) is 0 Å². The van der Waals surface area contributed by atoms with Crippen molar-refractivity contribution in [1.82, 2.24) is 9.71 Å². The van der Waals surface area contributed by atoms with Crippen molar-refractivity contribution in [1.29, 1.82) is 0 Å². The highest BCUT2D eigenvalue weighted by atomic mass is 35.5. The van der Waals surface area contributed by atoms with Crippen molar-refractivity contribution in [2.45, 2.75) is 17.5 Å². The number of anilines is 1. The van der Waals surface area contributed by atoms with E-state index in [1.807, 2.05) is 0 Å². The Morgan fingerprint density at radius 3 is 2.41 bits per heavy atom. The second-order valence-corrected chi connectivity index (χ2v) is 8.15. The number of hydrogen-bond donors (Lipinski definition) is 2. The zero-order valence-electron chi connectivity index (χ0n) is 14.3. The zero-order valence-corrected chi connectivity index (χ0v) is 16.7. The van der Waals surface area contributed by atoms with Gasteiger partial charge >= 0.3 is 6.18 Å². The van der Waals surface area contributed by atoms with Crippen molar-refractivity contribution in [3.63, 3.8) is 0 Å². The van der Waals surface area contributed by atoms with Gasteiger partial charge in [0.05, 0.1) is 20.5 Å². The Bertz CT molecular complexity index is 1020. The van der Waals surface area contributed by atoms with Crippen molar-refractivity contribution >= 4 is 44.7 Å². The molecule has 0 aliphatic carbocycles. The molecule has 0 spiro atoms. The molecule has 0 amide bonds. The van der Waals surface area contributed by atoms with Gasteiger partial charge in [-0.3, -0.25) is 10.1 Å². The van der Waals surface area contributed by atoms with Crippen LogP contribution in [-0.2, 0) is 16.2 Å². The molecule has 0 aliphatic rings. The van der Waals surface area contributed by atoms with Crippen molar-refractivity contribution in [3.05, 3.63) is 56.2 Å². The summed E-state index contributed by atoms with van der Waals surface area (Å²) in [5.41, 5.74) is -1.42. The van der Waals surface area contributed by atoms with Crippen LogP contribution >= 0.6 is 23.2 Å². The van der Waals surface area contributed by atoms with Gasteiger partial charge in [-0.25, -0.2) is 18.1 Å². The number of hydrogen-bond acceptors (Lipinski definition) is 6. The van der Waals surface area contributed by atoms with Crippen LogP contribution in [0.15, 0.2) is 35.4 Å². The number of aromatic nitrogens is 1. The third kappa shape index (κ3) is 6.16. The molecule has 158 valence electrons. The molecule has 1 aromatic carbocycles. The average molecular weight is 473 g/mol. The zero-order chi connectivity index (χ0) is 21.8. The molecule has 0 saturated carbocycles. The lowest BCUT2D eigenvalue weighted by Gasteiger charge is -2.11. The van der Waals surface area contributed by atoms with Crippen LogP contribution in [0.1, 0.15) is 12.0 Å². The van der Waals surface area contributed by atoms with Crippen molar-refractivity contribution in [3.8, 4) is 0 Å². The molecule has 14 heteroatoms. The summed E-state index contributed by atoms with van der Waals surface area (Å²) < 4.78 is 64.5. The van der Waals surface area contributed by atoms with Gasteiger partial charge in [-0.15, -0.1) is 0 Å². The molecule has 2 aromatic rings. The number of benzene rings is 1. The molecule has 1 aromatic heterocycles. The second-order valence-electron chi connectivity index (χ2n) is 5.60. The van der Waals surface area contributed by atoms with E-state index in [-0.39, 0.29) is 35.4 Å². The maximum absolute atomic E-state index is 12.6. The number of nitro benzene ring substituents is 1. The smallest absolute Gasteiger partial charge is 0.369 e. The Kier molecular flexibility index (Phi) is 7.27. The number of non-ortho nitro benzene ring substituents is 1. The first-order valence-electron chi connectivity index (χ1n) is 7.82. The van der Waals surface area contributed by atoms with Crippen molar-refractivity contribution in [2.24, 2.45) is 0 Å². The molecule has 8 nitrogen and oxygen atoms in total. The summed E-state index contributed by atoms with van der Waals surface area (Å²) in [6, 6.07) is 3.75. The first-order chi connectivity index (χ1) is 13.4. The average Bonchev–Trinajstić information content (AvgIpc) is 2.61. The molecule has 0 fully saturated rings. The monoisotopic (exact) mass is 472 g/mol. The summed E-state index contributed by atoms with van der Waals surface area (Å²) in [7, 11) is -4.10. The fourth-order valence-electron chi connectivity index (χ4n) is 2.11. The van der Waals surface area contributed by atoms with Gasteiger partial charge in [-0.1, -0.05) is 23.2 Å². The van der Waals surface area contributed by atoms with E-state index in [0.29, 0.717) is 6.20 Å². The Labute approximate surface area is 173 Å². The van der Waals surface area contributed by atoms with Gasteiger partial charge in [0.1, 0.15) is 10.7 Å². The Morgan fingerprint density at radius 1 is 1.14 bits per heavy atom. The highest BCUT2D eigenvalue weighted by Crippen LogP contribution is 2.32. The van der Waals surface area contributed by atoms with Crippen LogP contribution in [0.5, 0.6) is 0 Å². The molecule has 0 aliphatic heterocycles. The molecule has 2 rings (SSSR count).